The van der Waals surface area contributed by atoms with Gasteiger partial charge in [0.25, 0.3) is 11.5 Å². The Labute approximate surface area is 317 Å². The number of benzene rings is 4. The summed E-state index contributed by atoms with van der Waals surface area (Å²) in [4.78, 5) is 40.5. The standard InChI is InChI=1S/C40H36F4N6O6/c1-48-17-19-49(20-18-48)16-5-21-54-36-24-31-28(23-35(36)53-2)33(14-15-45-31)55-34-13-8-25(22-29(34)41)46-38(51)37-39(52)50(32-7-4-3-6-30(32)47-37)26-9-11-27(12-10-26)56-40(42,43)44/h3-4,6-15,22-24H,5,16-21H2,1-2H3,(H,46,51). The van der Waals surface area contributed by atoms with Crippen molar-refractivity contribution >= 4 is 33.5 Å². The van der Waals surface area contributed by atoms with Gasteiger partial charge in [-0.15, -0.1) is 13.2 Å². The van der Waals surface area contributed by atoms with Crippen LogP contribution in [0.1, 0.15) is 16.9 Å². The highest BCUT2D eigenvalue weighted by molar-refractivity contribution is 6.03. The fourth-order valence-electron chi connectivity index (χ4n) is 6.33. The van der Waals surface area contributed by atoms with Gasteiger partial charge in [-0.3, -0.25) is 19.1 Å². The molecule has 0 atom stereocenters. The van der Waals surface area contributed by atoms with Gasteiger partial charge in [0.1, 0.15) is 11.5 Å². The normalized spacial score (nSPS) is 13.8. The predicted octanol–water partition coefficient (Wildman–Crippen LogP) is 7.04. The van der Waals surface area contributed by atoms with Crippen LogP contribution in [0.15, 0.2) is 95.9 Å². The van der Waals surface area contributed by atoms with Gasteiger partial charge in [-0.2, -0.15) is 0 Å². The highest BCUT2D eigenvalue weighted by Crippen LogP contribution is 2.38. The molecule has 12 nitrogen and oxygen atoms in total. The summed E-state index contributed by atoms with van der Waals surface area (Å²) in [6.07, 6.45) is -2.53. The van der Waals surface area contributed by atoms with Crippen LogP contribution in [0.2, 0.25) is 0 Å². The molecule has 1 fully saturated rings. The number of carbonyl (C=O) groups is 1. The molecule has 1 N–H and O–H groups in total. The Balaban J connectivity index is 1.07. The van der Waals surface area contributed by atoms with Crippen LogP contribution in [0, 0.1) is 5.82 Å². The van der Waals surface area contributed by atoms with Crippen LogP contribution in [0.4, 0.5) is 23.2 Å². The van der Waals surface area contributed by atoms with E-state index in [1.165, 1.54) is 37.6 Å². The molecule has 0 spiro atoms. The summed E-state index contributed by atoms with van der Waals surface area (Å²) in [5.74, 6) is -1.11. The number of alkyl halides is 3. The zero-order valence-electron chi connectivity index (χ0n) is 30.3. The lowest BCUT2D eigenvalue weighted by molar-refractivity contribution is -0.274. The van der Waals surface area contributed by atoms with E-state index in [-0.39, 0.29) is 22.6 Å². The molecule has 1 aliphatic heterocycles. The second kappa shape index (κ2) is 16.2. The Morgan fingerprint density at radius 3 is 2.38 bits per heavy atom. The molecule has 1 aliphatic rings. The molecule has 6 aromatic rings. The van der Waals surface area contributed by atoms with Crippen molar-refractivity contribution in [2.45, 2.75) is 12.8 Å². The molecule has 56 heavy (non-hydrogen) atoms. The summed E-state index contributed by atoms with van der Waals surface area (Å²) in [5.41, 5.74) is -0.130. The molecule has 1 saturated heterocycles. The van der Waals surface area contributed by atoms with Crippen LogP contribution in [-0.4, -0.2) is 90.1 Å². The number of hydrogen-bond donors (Lipinski definition) is 1. The molecule has 0 saturated carbocycles. The minimum Gasteiger partial charge on any atom is -0.493 e. The summed E-state index contributed by atoms with van der Waals surface area (Å²) in [6.45, 7) is 5.57. The number of ether oxygens (including phenoxy) is 4. The Morgan fingerprint density at radius 2 is 1.64 bits per heavy atom. The number of methoxy groups -OCH3 is 1. The SMILES string of the molecule is COc1cc2c(Oc3ccc(NC(=O)c4nc5ccccc5n(-c5ccc(OC(F)(F)F)cc5)c4=O)cc3F)ccnc2cc1OCCCN1CCN(C)CC1. The van der Waals surface area contributed by atoms with E-state index in [4.69, 9.17) is 14.2 Å². The third-order valence-electron chi connectivity index (χ3n) is 9.17. The van der Waals surface area contributed by atoms with E-state index in [0.717, 1.165) is 61.9 Å². The highest BCUT2D eigenvalue weighted by Gasteiger charge is 2.31. The lowest BCUT2D eigenvalue weighted by Crippen LogP contribution is -2.44. The third-order valence-corrected chi connectivity index (χ3v) is 9.17. The van der Waals surface area contributed by atoms with Gasteiger partial charge in [-0.05, 0) is 74.1 Å². The summed E-state index contributed by atoms with van der Waals surface area (Å²) < 4.78 is 76.4. The van der Waals surface area contributed by atoms with E-state index in [2.05, 4.69) is 36.9 Å². The number of likely N-dealkylation sites (N-methyl/N-ethyl adjacent to an activating group) is 1. The first kappa shape index (κ1) is 38.0. The number of rotatable bonds is 12. The van der Waals surface area contributed by atoms with Crippen molar-refractivity contribution in [2.24, 2.45) is 0 Å². The summed E-state index contributed by atoms with van der Waals surface area (Å²) >= 11 is 0. The Bertz CT molecular complexity index is 2440. The molecule has 0 bridgehead atoms. The van der Waals surface area contributed by atoms with Gasteiger partial charge < -0.3 is 34.1 Å². The molecule has 0 radical (unpaired) electrons. The van der Waals surface area contributed by atoms with E-state index < -0.39 is 35.1 Å². The fraction of sp³-hybridized carbons (Fsp3) is 0.250. The van der Waals surface area contributed by atoms with E-state index in [1.807, 2.05) is 0 Å². The van der Waals surface area contributed by atoms with Crippen LogP contribution in [0.25, 0.3) is 27.6 Å². The molecule has 16 heteroatoms. The molecule has 0 unspecified atom stereocenters. The van der Waals surface area contributed by atoms with Crippen molar-refractivity contribution in [3.63, 3.8) is 0 Å². The lowest BCUT2D eigenvalue weighted by atomic mass is 10.1. The van der Waals surface area contributed by atoms with E-state index >= 15 is 4.39 Å². The lowest BCUT2D eigenvalue weighted by Gasteiger charge is -2.32. The second-order valence-corrected chi connectivity index (χ2v) is 13.0. The first-order valence-electron chi connectivity index (χ1n) is 17.6. The number of aromatic nitrogens is 3. The van der Waals surface area contributed by atoms with Crippen molar-refractivity contribution in [1.82, 2.24) is 24.3 Å². The maximum atomic E-state index is 15.5. The van der Waals surface area contributed by atoms with Crippen LogP contribution >= 0.6 is 0 Å². The van der Waals surface area contributed by atoms with Gasteiger partial charge in [0.15, 0.2) is 28.8 Å². The van der Waals surface area contributed by atoms with E-state index in [0.29, 0.717) is 40.3 Å². The van der Waals surface area contributed by atoms with Crippen molar-refractivity contribution in [2.75, 3.05) is 58.8 Å². The summed E-state index contributed by atoms with van der Waals surface area (Å²) in [7, 11) is 3.65. The summed E-state index contributed by atoms with van der Waals surface area (Å²) in [5, 5.41) is 3.05. The molecule has 3 heterocycles. The number of para-hydroxylation sites is 2. The number of halogens is 4. The predicted molar refractivity (Wildman–Crippen MR) is 201 cm³/mol. The topological polar surface area (TPSA) is 120 Å². The largest absolute Gasteiger partial charge is 0.573 e. The zero-order chi connectivity index (χ0) is 39.4. The quantitative estimate of drug-likeness (QED) is 0.103. The van der Waals surface area contributed by atoms with E-state index in [9.17, 15) is 22.8 Å². The smallest absolute Gasteiger partial charge is 0.493 e. The number of anilines is 1. The summed E-state index contributed by atoms with van der Waals surface area (Å²) in [6, 6.07) is 19.8. The second-order valence-electron chi connectivity index (χ2n) is 13.0. The van der Waals surface area contributed by atoms with Crippen LogP contribution in [0.3, 0.4) is 0 Å². The Kier molecular flexibility index (Phi) is 11.0. The van der Waals surface area contributed by atoms with Crippen molar-refractivity contribution in [3.05, 3.63) is 113 Å². The highest BCUT2D eigenvalue weighted by atomic mass is 19.4. The molecule has 2 aromatic heterocycles. The fourth-order valence-corrected chi connectivity index (χ4v) is 6.33. The number of nitrogens with one attached hydrogen (secondary N) is 1. The average Bonchev–Trinajstić information content (AvgIpc) is 3.17. The van der Waals surface area contributed by atoms with Gasteiger partial charge >= 0.3 is 6.36 Å². The van der Waals surface area contributed by atoms with E-state index in [1.54, 1.807) is 42.5 Å². The number of piperazine rings is 1. The molecular weight excluding hydrogens is 736 g/mol. The Hall–Kier alpha value is -6.26. The first-order chi connectivity index (χ1) is 27.0. The molecule has 1 amide bonds. The van der Waals surface area contributed by atoms with Gasteiger partial charge in [0.2, 0.25) is 0 Å². The van der Waals surface area contributed by atoms with Crippen LogP contribution in [-0.2, 0) is 0 Å². The number of hydrogen-bond acceptors (Lipinski definition) is 10. The number of amides is 1. The molecule has 290 valence electrons. The Morgan fingerprint density at radius 1 is 0.875 bits per heavy atom. The molecular formula is C40H36F4N6O6. The first-order valence-corrected chi connectivity index (χ1v) is 17.6. The minimum atomic E-state index is -4.90. The van der Waals surface area contributed by atoms with Crippen molar-refractivity contribution < 1.29 is 41.3 Å². The number of nitrogens with zero attached hydrogens (tertiary/aromatic N) is 5. The maximum absolute atomic E-state index is 15.5. The maximum Gasteiger partial charge on any atom is 0.573 e. The van der Waals surface area contributed by atoms with Gasteiger partial charge in [-0.25, -0.2) is 9.37 Å². The number of fused-ring (bicyclic) bond motifs is 2. The van der Waals surface area contributed by atoms with Gasteiger partial charge in [0, 0.05) is 67.8 Å². The average molecular weight is 773 g/mol. The monoisotopic (exact) mass is 772 g/mol. The molecule has 7 rings (SSSR count). The van der Waals surface area contributed by atoms with Crippen LogP contribution < -0.4 is 29.8 Å². The van der Waals surface area contributed by atoms with Crippen LogP contribution in [0.5, 0.6) is 28.7 Å². The molecule has 4 aromatic carbocycles. The third kappa shape index (κ3) is 8.66. The number of pyridine rings is 1. The van der Waals surface area contributed by atoms with Crippen molar-refractivity contribution in [1.29, 1.82) is 0 Å². The minimum absolute atomic E-state index is 0.00470. The van der Waals surface area contributed by atoms with Crippen molar-refractivity contribution in [3.8, 4) is 34.4 Å². The number of carbonyl (C=O) groups excluding carboxylic acids is 1. The van der Waals surface area contributed by atoms with Gasteiger partial charge in [0.05, 0.1) is 30.3 Å². The zero-order valence-corrected chi connectivity index (χ0v) is 30.3. The molecule has 0 aliphatic carbocycles. The van der Waals surface area contributed by atoms with Gasteiger partial charge in [-0.1, -0.05) is 12.1 Å².